The molecule has 198 valence electrons. The third kappa shape index (κ3) is 7.35. The van der Waals surface area contributed by atoms with Gasteiger partial charge < -0.3 is 20.3 Å². The third-order valence-corrected chi connectivity index (χ3v) is 6.69. The second-order valence-corrected chi connectivity index (χ2v) is 9.85. The maximum Gasteiger partial charge on any atom is 0.255 e. The van der Waals surface area contributed by atoms with Gasteiger partial charge >= 0.3 is 0 Å². The van der Waals surface area contributed by atoms with E-state index in [0.29, 0.717) is 54.3 Å². The average molecular weight is 534 g/mol. The van der Waals surface area contributed by atoms with Crippen LogP contribution in [0.4, 0.5) is 0 Å². The van der Waals surface area contributed by atoms with Gasteiger partial charge in [0.05, 0.1) is 18.2 Å². The summed E-state index contributed by atoms with van der Waals surface area (Å²) in [5.41, 5.74) is 2.80. The lowest BCUT2D eigenvalue weighted by Gasteiger charge is -2.25. The summed E-state index contributed by atoms with van der Waals surface area (Å²) in [4.78, 5) is 41.2. The fraction of sp³-hybridized carbons (Fsp3) is 0.300. The topological polar surface area (TPSA) is 87.7 Å². The smallest absolute Gasteiger partial charge is 0.255 e. The van der Waals surface area contributed by atoms with Crippen molar-refractivity contribution in [1.29, 1.82) is 0 Å². The van der Waals surface area contributed by atoms with E-state index < -0.39 is 6.04 Å². The number of rotatable bonds is 3. The first kappa shape index (κ1) is 27.2. The number of amides is 3. The minimum Gasteiger partial charge on any atom is -0.491 e. The average Bonchev–Trinajstić information content (AvgIpc) is 2.91. The number of nitrogens with one attached hydrogen (secondary N) is 2. The van der Waals surface area contributed by atoms with E-state index in [1.165, 1.54) is 0 Å². The quantitative estimate of drug-likeness (QED) is 0.521. The van der Waals surface area contributed by atoms with Gasteiger partial charge in [-0.1, -0.05) is 60.1 Å². The van der Waals surface area contributed by atoms with Gasteiger partial charge in [0.1, 0.15) is 12.4 Å². The summed E-state index contributed by atoms with van der Waals surface area (Å²) in [5.74, 6) is -0.347. The van der Waals surface area contributed by atoms with Crippen molar-refractivity contribution in [3.63, 3.8) is 0 Å². The molecule has 0 saturated carbocycles. The van der Waals surface area contributed by atoms with Crippen LogP contribution in [0.1, 0.15) is 44.7 Å². The summed E-state index contributed by atoms with van der Waals surface area (Å²) in [5, 5.41) is 6.40. The standard InChI is InChI=1S/C30H32ClN3O4/c1-21-9-5-6-12-25(21)30(37)34-16-8-7-15-32-29(36)26-18-23(31)13-14-27(26)38-20-24(33-28(35)19-34)17-22-10-3-2-4-11-22/h2-6,9-14,18,24H,7-8,15-17,19-20H2,1H3,(H,32,36)(H,33,35)/t24-/m1/s1. The Morgan fingerprint density at radius 3 is 2.58 bits per heavy atom. The molecule has 1 aliphatic heterocycles. The molecule has 2 N–H and O–H groups in total. The largest absolute Gasteiger partial charge is 0.491 e. The van der Waals surface area contributed by atoms with Crippen molar-refractivity contribution < 1.29 is 19.1 Å². The molecule has 0 aromatic heterocycles. The third-order valence-electron chi connectivity index (χ3n) is 6.45. The molecule has 38 heavy (non-hydrogen) atoms. The van der Waals surface area contributed by atoms with E-state index in [-0.39, 0.29) is 30.9 Å². The van der Waals surface area contributed by atoms with Crippen molar-refractivity contribution in [2.24, 2.45) is 0 Å². The Labute approximate surface area is 228 Å². The maximum atomic E-state index is 13.4. The van der Waals surface area contributed by atoms with Crippen molar-refractivity contribution >= 4 is 29.3 Å². The number of ether oxygens (including phenoxy) is 1. The first-order valence-electron chi connectivity index (χ1n) is 12.8. The predicted octanol–water partition coefficient (Wildman–Crippen LogP) is 4.42. The Morgan fingerprint density at radius 1 is 1.03 bits per heavy atom. The highest BCUT2D eigenvalue weighted by molar-refractivity contribution is 6.31. The van der Waals surface area contributed by atoms with Gasteiger partial charge in [-0.25, -0.2) is 0 Å². The van der Waals surface area contributed by atoms with Gasteiger partial charge in [-0.15, -0.1) is 0 Å². The highest BCUT2D eigenvalue weighted by Gasteiger charge is 2.23. The molecule has 3 aromatic carbocycles. The van der Waals surface area contributed by atoms with Gasteiger partial charge in [-0.2, -0.15) is 0 Å². The molecule has 0 bridgehead atoms. The minimum absolute atomic E-state index is 0.0724. The molecule has 0 spiro atoms. The number of nitrogens with zero attached hydrogens (tertiary/aromatic N) is 1. The summed E-state index contributed by atoms with van der Waals surface area (Å²) in [6.07, 6.45) is 1.78. The molecule has 1 atom stereocenters. The number of carbonyl (C=O) groups is 3. The Bertz CT molecular complexity index is 1280. The van der Waals surface area contributed by atoms with Crippen LogP contribution in [0, 0.1) is 6.92 Å². The van der Waals surface area contributed by atoms with Crippen molar-refractivity contribution in [2.75, 3.05) is 26.2 Å². The van der Waals surface area contributed by atoms with E-state index in [1.807, 2.05) is 55.5 Å². The summed E-state index contributed by atoms with van der Waals surface area (Å²) >= 11 is 6.17. The lowest BCUT2D eigenvalue weighted by molar-refractivity contribution is -0.122. The molecule has 0 aliphatic carbocycles. The molecule has 8 heteroatoms. The molecule has 0 fully saturated rings. The van der Waals surface area contributed by atoms with Gasteiger partial charge in [0.25, 0.3) is 11.8 Å². The second kappa shape index (κ2) is 13.1. The van der Waals surface area contributed by atoms with E-state index in [1.54, 1.807) is 29.2 Å². The first-order valence-corrected chi connectivity index (χ1v) is 13.2. The Kier molecular flexibility index (Phi) is 9.38. The SMILES string of the molecule is Cc1ccccc1C(=O)N1CCCCNC(=O)c2cc(Cl)ccc2OC[C@@H](Cc2ccccc2)NC(=O)C1. The monoisotopic (exact) mass is 533 g/mol. The Morgan fingerprint density at radius 2 is 1.79 bits per heavy atom. The number of aryl methyl sites for hydroxylation is 1. The molecule has 4 rings (SSSR count). The Hall–Kier alpha value is -3.84. The van der Waals surface area contributed by atoms with Crippen molar-refractivity contribution in [3.8, 4) is 5.75 Å². The molecular formula is C30H32ClN3O4. The van der Waals surface area contributed by atoms with Gasteiger partial charge in [0.15, 0.2) is 0 Å². The normalized spacial score (nSPS) is 17.2. The number of hydrogen-bond acceptors (Lipinski definition) is 4. The highest BCUT2D eigenvalue weighted by Crippen LogP contribution is 2.23. The van der Waals surface area contributed by atoms with E-state index in [0.717, 1.165) is 11.1 Å². The Balaban J connectivity index is 1.59. The summed E-state index contributed by atoms with van der Waals surface area (Å²) in [6.45, 7) is 2.75. The molecule has 0 unspecified atom stereocenters. The van der Waals surface area contributed by atoms with Crippen LogP contribution in [0.3, 0.4) is 0 Å². The van der Waals surface area contributed by atoms with Gasteiger partial charge in [0, 0.05) is 23.7 Å². The molecule has 3 aromatic rings. The predicted molar refractivity (Wildman–Crippen MR) is 148 cm³/mol. The highest BCUT2D eigenvalue weighted by atomic mass is 35.5. The molecule has 7 nitrogen and oxygen atoms in total. The van der Waals surface area contributed by atoms with Crippen molar-refractivity contribution in [2.45, 2.75) is 32.2 Å². The van der Waals surface area contributed by atoms with Gasteiger partial charge in [-0.3, -0.25) is 14.4 Å². The van der Waals surface area contributed by atoms with Crippen LogP contribution in [0.15, 0.2) is 72.8 Å². The van der Waals surface area contributed by atoms with Crippen molar-refractivity contribution in [3.05, 3.63) is 100 Å². The number of halogens is 1. The maximum absolute atomic E-state index is 13.4. The molecule has 3 amide bonds. The fourth-order valence-electron chi connectivity index (χ4n) is 4.45. The van der Waals surface area contributed by atoms with Crippen LogP contribution >= 0.6 is 11.6 Å². The minimum atomic E-state index is -0.392. The van der Waals surface area contributed by atoms with Gasteiger partial charge in [0.2, 0.25) is 5.91 Å². The molecule has 0 radical (unpaired) electrons. The number of benzene rings is 3. The van der Waals surface area contributed by atoms with E-state index in [4.69, 9.17) is 16.3 Å². The number of fused-ring (bicyclic) bond motifs is 1. The molecule has 1 aliphatic rings. The lowest BCUT2D eigenvalue weighted by atomic mass is 10.1. The molecular weight excluding hydrogens is 502 g/mol. The number of hydrogen-bond donors (Lipinski definition) is 2. The second-order valence-electron chi connectivity index (χ2n) is 9.41. The molecule has 0 saturated heterocycles. The zero-order valence-corrected chi connectivity index (χ0v) is 22.2. The fourth-order valence-corrected chi connectivity index (χ4v) is 4.63. The van der Waals surface area contributed by atoms with E-state index in [2.05, 4.69) is 10.6 Å². The summed E-state index contributed by atoms with van der Waals surface area (Å²) < 4.78 is 6.07. The summed E-state index contributed by atoms with van der Waals surface area (Å²) in [7, 11) is 0. The van der Waals surface area contributed by atoms with E-state index >= 15 is 0 Å². The zero-order valence-electron chi connectivity index (χ0n) is 21.4. The van der Waals surface area contributed by atoms with Crippen LogP contribution in [-0.4, -0.2) is 54.9 Å². The van der Waals surface area contributed by atoms with Crippen LogP contribution in [0.5, 0.6) is 5.75 Å². The zero-order chi connectivity index (χ0) is 26.9. The summed E-state index contributed by atoms with van der Waals surface area (Å²) in [6, 6.07) is 21.7. The van der Waals surface area contributed by atoms with Crippen molar-refractivity contribution in [1.82, 2.24) is 15.5 Å². The molecule has 1 heterocycles. The van der Waals surface area contributed by atoms with Crippen LogP contribution in [-0.2, 0) is 11.2 Å². The lowest BCUT2D eigenvalue weighted by Crippen LogP contribution is -2.47. The van der Waals surface area contributed by atoms with Crippen LogP contribution < -0.4 is 15.4 Å². The first-order chi connectivity index (χ1) is 18.4. The number of carbonyl (C=O) groups excluding carboxylic acids is 3. The van der Waals surface area contributed by atoms with Gasteiger partial charge in [-0.05, 0) is 61.6 Å². The van der Waals surface area contributed by atoms with E-state index in [9.17, 15) is 14.4 Å². The van der Waals surface area contributed by atoms with Crippen LogP contribution in [0.25, 0.3) is 0 Å². The van der Waals surface area contributed by atoms with Crippen LogP contribution in [0.2, 0.25) is 5.02 Å².